The summed E-state index contributed by atoms with van der Waals surface area (Å²) in [6, 6.07) is 0. The minimum Gasteiger partial charge on any atom is -0.377 e. The van der Waals surface area contributed by atoms with Crippen molar-refractivity contribution in [1.82, 2.24) is 0 Å². The topological polar surface area (TPSA) is 58.0 Å². The zero-order chi connectivity index (χ0) is 9.03. The van der Waals surface area contributed by atoms with Crippen LogP contribution in [0.5, 0.6) is 0 Å². The minimum atomic E-state index is 0.144. The standard InChI is InChI=1S/C8H15N3O/c1-3-8(2)4-7(12-6-8)5-10-11-9/h7H,3-6H2,1-2H3. The molecule has 2 atom stereocenters. The van der Waals surface area contributed by atoms with Gasteiger partial charge in [-0.05, 0) is 23.8 Å². The Labute approximate surface area is 72.5 Å². The van der Waals surface area contributed by atoms with E-state index in [1.165, 1.54) is 0 Å². The van der Waals surface area contributed by atoms with Crippen LogP contribution in [0, 0.1) is 5.41 Å². The van der Waals surface area contributed by atoms with Gasteiger partial charge in [-0.2, -0.15) is 0 Å². The zero-order valence-corrected chi connectivity index (χ0v) is 7.66. The van der Waals surface area contributed by atoms with Crippen LogP contribution >= 0.6 is 0 Å². The van der Waals surface area contributed by atoms with Crippen LogP contribution in [0.2, 0.25) is 0 Å². The zero-order valence-electron chi connectivity index (χ0n) is 7.66. The van der Waals surface area contributed by atoms with Crippen LogP contribution in [0.3, 0.4) is 0 Å². The summed E-state index contributed by atoms with van der Waals surface area (Å²) in [5, 5.41) is 3.51. The maximum Gasteiger partial charge on any atom is 0.0637 e. The lowest BCUT2D eigenvalue weighted by molar-refractivity contribution is 0.102. The molecule has 12 heavy (non-hydrogen) atoms. The lowest BCUT2D eigenvalue weighted by Crippen LogP contribution is -2.15. The maximum atomic E-state index is 8.12. The Hall–Kier alpha value is -0.730. The van der Waals surface area contributed by atoms with Crippen molar-refractivity contribution in [2.24, 2.45) is 10.5 Å². The third-order valence-corrected chi connectivity index (χ3v) is 2.59. The van der Waals surface area contributed by atoms with E-state index in [0.29, 0.717) is 12.0 Å². The quantitative estimate of drug-likeness (QED) is 0.364. The lowest BCUT2D eigenvalue weighted by atomic mass is 9.85. The Morgan fingerprint density at radius 2 is 2.50 bits per heavy atom. The third kappa shape index (κ3) is 2.13. The van der Waals surface area contributed by atoms with Crippen molar-refractivity contribution in [2.75, 3.05) is 13.2 Å². The van der Waals surface area contributed by atoms with E-state index >= 15 is 0 Å². The van der Waals surface area contributed by atoms with Gasteiger partial charge < -0.3 is 4.74 Å². The largest absolute Gasteiger partial charge is 0.377 e. The Kier molecular flexibility index (Phi) is 2.95. The van der Waals surface area contributed by atoms with Crippen molar-refractivity contribution in [3.05, 3.63) is 10.4 Å². The Morgan fingerprint density at radius 3 is 3.00 bits per heavy atom. The van der Waals surface area contributed by atoms with E-state index in [4.69, 9.17) is 10.3 Å². The van der Waals surface area contributed by atoms with E-state index in [2.05, 4.69) is 23.9 Å². The third-order valence-electron chi connectivity index (χ3n) is 2.59. The summed E-state index contributed by atoms with van der Waals surface area (Å²) in [6.07, 6.45) is 2.29. The summed E-state index contributed by atoms with van der Waals surface area (Å²) in [7, 11) is 0. The van der Waals surface area contributed by atoms with Gasteiger partial charge in [0.2, 0.25) is 0 Å². The van der Waals surface area contributed by atoms with Crippen LogP contribution in [-0.4, -0.2) is 19.3 Å². The van der Waals surface area contributed by atoms with Crippen molar-refractivity contribution in [1.29, 1.82) is 0 Å². The normalized spacial score (nSPS) is 34.7. The Bertz CT molecular complexity index is 200. The summed E-state index contributed by atoms with van der Waals surface area (Å²) >= 11 is 0. The number of rotatable bonds is 3. The van der Waals surface area contributed by atoms with E-state index in [-0.39, 0.29) is 6.10 Å². The van der Waals surface area contributed by atoms with Crippen molar-refractivity contribution < 1.29 is 4.74 Å². The molecule has 0 N–H and O–H groups in total. The van der Waals surface area contributed by atoms with Gasteiger partial charge in [0.15, 0.2) is 0 Å². The van der Waals surface area contributed by atoms with Crippen molar-refractivity contribution in [3.8, 4) is 0 Å². The van der Waals surface area contributed by atoms with Crippen molar-refractivity contribution in [2.45, 2.75) is 32.8 Å². The van der Waals surface area contributed by atoms with Crippen LogP contribution in [-0.2, 0) is 4.74 Å². The molecular formula is C8H15N3O. The second-order valence-corrected chi connectivity index (χ2v) is 3.71. The highest BCUT2D eigenvalue weighted by Gasteiger charge is 2.33. The molecule has 0 bridgehead atoms. The summed E-state index contributed by atoms with van der Waals surface area (Å²) < 4.78 is 5.50. The second kappa shape index (κ2) is 3.78. The first-order valence-corrected chi connectivity index (χ1v) is 4.32. The second-order valence-electron chi connectivity index (χ2n) is 3.71. The molecule has 1 saturated heterocycles. The number of nitrogens with zero attached hydrogens (tertiary/aromatic N) is 3. The van der Waals surface area contributed by atoms with Gasteiger partial charge in [-0.3, -0.25) is 0 Å². The highest BCUT2D eigenvalue weighted by molar-refractivity contribution is 4.84. The molecule has 4 nitrogen and oxygen atoms in total. The molecule has 1 aliphatic rings. The molecule has 0 aliphatic carbocycles. The van der Waals surface area contributed by atoms with Gasteiger partial charge in [0.25, 0.3) is 0 Å². The highest BCUT2D eigenvalue weighted by atomic mass is 16.5. The molecule has 0 aromatic carbocycles. The number of ether oxygens (including phenoxy) is 1. The number of hydrogen-bond donors (Lipinski definition) is 0. The molecule has 0 radical (unpaired) electrons. The summed E-state index contributed by atoms with van der Waals surface area (Å²) in [6.45, 7) is 5.66. The fourth-order valence-corrected chi connectivity index (χ4v) is 1.48. The summed E-state index contributed by atoms with van der Waals surface area (Å²) in [5.74, 6) is 0. The first-order chi connectivity index (χ1) is 5.70. The molecule has 1 heterocycles. The van der Waals surface area contributed by atoms with Crippen LogP contribution in [0.25, 0.3) is 10.4 Å². The van der Waals surface area contributed by atoms with Crippen molar-refractivity contribution in [3.63, 3.8) is 0 Å². The number of hydrogen-bond acceptors (Lipinski definition) is 2. The summed E-state index contributed by atoms with van der Waals surface area (Å²) in [5.41, 5.74) is 8.42. The van der Waals surface area contributed by atoms with E-state index < -0.39 is 0 Å². The first kappa shape index (κ1) is 9.36. The fraction of sp³-hybridized carbons (Fsp3) is 1.00. The predicted molar refractivity (Wildman–Crippen MR) is 46.8 cm³/mol. The summed E-state index contributed by atoms with van der Waals surface area (Å²) in [4.78, 5) is 2.72. The monoisotopic (exact) mass is 169 g/mol. The number of azide groups is 1. The van der Waals surface area contributed by atoms with Crippen molar-refractivity contribution >= 4 is 0 Å². The van der Waals surface area contributed by atoms with Gasteiger partial charge in [-0.1, -0.05) is 19.0 Å². The maximum absolute atomic E-state index is 8.12. The van der Waals surface area contributed by atoms with Gasteiger partial charge >= 0.3 is 0 Å². The molecule has 1 fully saturated rings. The highest BCUT2D eigenvalue weighted by Crippen LogP contribution is 2.35. The minimum absolute atomic E-state index is 0.144. The molecule has 1 aliphatic heterocycles. The van der Waals surface area contributed by atoms with Crippen LogP contribution in [0.15, 0.2) is 5.11 Å². The van der Waals surface area contributed by atoms with E-state index in [9.17, 15) is 0 Å². The lowest BCUT2D eigenvalue weighted by Gasteiger charge is -2.18. The van der Waals surface area contributed by atoms with E-state index in [1.54, 1.807) is 0 Å². The van der Waals surface area contributed by atoms with Gasteiger partial charge in [0.05, 0.1) is 19.3 Å². The molecular weight excluding hydrogens is 154 g/mol. The first-order valence-electron chi connectivity index (χ1n) is 4.32. The predicted octanol–water partition coefficient (Wildman–Crippen LogP) is 2.50. The molecule has 0 saturated carbocycles. The average Bonchev–Trinajstić information content (AvgIpc) is 2.45. The van der Waals surface area contributed by atoms with E-state index in [1.807, 2.05) is 0 Å². The fourth-order valence-electron chi connectivity index (χ4n) is 1.48. The molecule has 1 rings (SSSR count). The molecule has 4 heteroatoms. The molecule has 0 aromatic heterocycles. The van der Waals surface area contributed by atoms with Crippen LogP contribution < -0.4 is 0 Å². The Morgan fingerprint density at radius 1 is 1.75 bits per heavy atom. The molecule has 0 aromatic rings. The molecule has 2 unspecified atom stereocenters. The average molecular weight is 169 g/mol. The smallest absolute Gasteiger partial charge is 0.0637 e. The van der Waals surface area contributed by atoms with Gasteiger partial charge in [0.1, 0.15) is 0 Å². The van der Waals surface area contributed by atoms with Gasteiger partial charge in [-0.25, -0.2) is 0 Å². The molecule has 68 valence electrons. The van der Waals surface area contributed by atoms with Crippen LogP contribution in [0.4, 0.5) is 0 Å². The van der Waals surface area contributed by atoms with Gasteiger partial charge in [0, 0.05) is 4.91 Å². The van der Waals surface area contributed by atoms with E-state index in [0.717, 1.165) is 19.4 Å². The van der Waals surface area contributed by atoms with Gasteiger partial charge in [-0.15, -0.1) is 0 Å². The molecule has 0 amide bonds. The molecule has 0 spiro atoms. The SMILES string of the molecule is CCC1(C)COC(CN=[N+]=[N-])C1. The Balaban J connectivity index is 2.39. The van der Waals surface area contributed by atoms with Crippen LogP contribution in [0.1, 0.15) is 26.7 Å².